The first-order valence-corrected chi connectivity index (χ1v) is 8.91. The number of hydrogen-bond donors (Lipinski definition) is 1. The average Bonchev–Trinajstić information content (AvgIpc) is 2.48. The molecule has 0 radical (unpaired) electrons. The summed E-state index contributed by atoms with van der Waals surface area (Å²) in [7, 11) is 0. The van der Waals surface area contributed by atoms with E-state index < -0.39 is 0 Å². The Morgan fingerprint density at radius 1 is 1.23 bits per heavy atom. The standard InChI is InChI=1S/C19H30ClNO/c1-15(21-11-8-16(9-12-21)10-13-22)14-19(2,3)17-4-6-18(20)7-5-17/h4-7,15-16,22H,8-14H2,1-3H3. The van der Waals surface area contributed by atoms with Crippen molar-refractivity contribution in [3.05, 3.63) is 34.9 Å². The van der Waals surface area contributed by atoms with E-state index in [1.807, 2.05) is 12.1 Å². The molecule has 0 saturated carbocycles. The first-order chi connectivity index (χ1) is 10.4. The number of aliphatic hydroxyl groups excluding tert-OH is 1. The highest BCUT2D eigenvalue weighted by Crippen LogP contribution is 2.32. The largest absolute Gasteiger partial charge is 0.396 e. The Bertz CT molecular complexity index is 449. The number of nitrogens with zero attached hydrogens (tertiary/aromatic N) is 1. The Labute approximate surface area is 140 Å². The molecule has 124 valence electrons. The summed E-state index contributed by atoms with van der Waals surface area (Å²) in [6, 6.07) is 8.87. The van der Waals surface area contributed by atoms with E-state index in [-0.39, 0.29) is 5.41 Å². The van der Waals surface area contributed by atoms with Gasteiger partial charge in [-0.05, 0) is 74.7 Å². The lowest BCUT2D eigenvalue weighted by Crippen LogP contribution is -2.42. The third-order valence-corrected chi connectivity index (χ3v) is 5.49. The number of benzene rings is 1. The van der Waals surface area contributed by atoms with Crippen molar-refractivity contribution < 1.29 is 5.11 Å². The fraction of sp³-hybridized carbons (Fsp3) is 0.684. The normalized spacial score (nSPS) is 19.3. The van der Waals surface area contributed by atoms with E-state index >= 15 is 0 Å². The summed E-state index contributed by atoms with van der Waals surface area (Å²) in [5.41, 5.74) is 1.52. The van der Waals surface area contributed by atoms with Gasteiger partial charge in [-0.1, -0.05) is 37.6 Å². The van der Waals surface area contributed by atoms with Crippen molar-refractivity contribution >= 4 is 11.6 Å². The molecule has 2 rings (SSSR count). The maximum atomic E-state index is 9.07. The van der Waals surface area contributed by atoms with Gasteiger partial charge in [-0.3, -0.25) is 0 Å². The fourth-order valence-corrected chi connectivity index (χ4v) is 3.88. The second-order valence-corrected chi connectivity index (χ2v) is 7.87. The summed E-state index contributed by atoms with van der Waals surface area (Å²) < 4.78 is 0. The van der Waals surface area contributed by atoms with Crippen LogP contribution in [-0.4, -0.2) is 35.7 Å². The minimum Gasteiger partial charge on any atom is -0.396 e. The molecule has 1 aromatic carbocycles. The van der Waals surface area contributed by atoms with Crippen molar-refractivity contribution in [3.63, 3.8) is 0 Å². The zero-order chi connectivity index (χ0) is 16.2. The minimum atomic E-state index is 0.159. The zero-order valence-electron chi connectivity index (χ0n) is 14.2. The number of likely N-dealkylation sites (tertiary alicyclic amines) is 1. The highest BCUT2D eigenvalue weighted by Gasteiger charge is 2.28. The summed E-state index contributed by atoms with van der Waals surface area (Å²) in [6.45, 7) is 9.68. The summed E-state index contributed by atoms with van der Waals surface area (Å²) in [6.07, 6.45) is 4.58. The number of aliphatic hydroxyl groups is 1. The molecule has 0 spiro atoms. The molecule has 1 saturated heterocycles. The van der Waals surface area contributed by atoms with E-state index in [4.69, 9.17) is 16.7 Å². The molecule has 1 N–H and O–H groups in total. The van der Waals surface area contributed by atoms with Crippen LogP contribution in [0.5, 0.6) is 0 Å². The molecule has 1 aliphatic rings. The van der Waals surface area contributed by atoms with Gasteiger partial charge in [0.1, 0.15) is 0 Å². The Morgan fingerprint density at radius 3 is 2.36 bits per heavy atom. The molecule has 0 aliphatic carbocycles. The maximum Gasteiger partial charge on any atom is 0.0433 e. The van der Waals surface area contributed by atoms with Crippen LogP contribution >= 0.6 is 11.6 Å². The average molecular weight is 324 g/mol. The van der Waals surface area contributed by atoms with E-state index in [2.05, 4.69) is 37.8 Å². The second-order valence-electron chi connectivity index (χ2n) is 7.44. The van der Waals surface area contributed by atoms with Crippen molar-refractivity contribution in [2.45, 2.75) is 57.9 Å². The molecule has 1 heterocycles. The SMILES string of the molecule is CC(CC(C)(C)c1ccc(Cl)cc1)N1CCC(CCO)CC1. The monoisotopic (exact) mass is 323 g/mol. The van der Waals surface area contributed by atoms with Gasteiger partial charge in [-0.25, -0.2) is 0 Å². The molecule has 1 fully saturated rings. The van der Waals surface area contributed by atoms with Crippen LogP contribution in [0.4, 0.5) is 0 Å². The van der Waals surface area contributed by atoms with Gasteiger partial charge in [0.15, 0.2) is 0 Å². The maximum absolute atomic E-state index is 9.07. The van der Waals surface area contributed by atoms with Crippen molar-refractivity contribution in [1.82, 2.24) is 4.90 Å². The van der Waals surface area contributed by atoms with Gasteiger partial charge in [0.2, 0.25) is 0 Å². The Kier molecular flexibility index (Phi) is 6.31. The van der Waals surface area contributed by atoms with Crippen LogP contribution in [0.1, 0.15) is 52.0 Å². The van der Waals surface area contributed by atoms with Crippen molar-refractivity contribution in [2.24, 2.45) is 5.92 Å². The van der Waals surface area contributed by atoms with Crippen LogP contribution in [0.25, 0.3) is 0 Å². The molecule has 1 aromatic rings. The van der Waals surface area contributed by atoms with E-state index in [0.29, 0.717) is 12.6 Å². The molecule has 1 aliphatic heterocycles. The summed E-state index contributed by atoms with van der Waals surface area (Å²) in [5.74, 6) is 0.720. The number of piperidine rings is 1. The summed E-state index contributed by atoms with van der Waals surface area (Å²) in [4.78, 5) is 2.62. The number of hydrogen-bond acceptors (Lipinski definition) is 2. The van der Waals surface area contributed by atoms with Crippen LogP contribution < -0.4 is 0 Å². The smallest absolute Gasteiger partial charge is 0.0433 e. The van der Waals surface area contributed by atoms with Crippen molar-refractivity contribution in [1.29, 1.82) is 0 Å². The van der Waals surface area contributed by atoms with Crippen LogP contribution in [0.15, 0.2) is 24.3 Å². The van der Waals surface area contributed by atoms with Gasteiger partial charge in [0, 0.05) is 17.7 Å². The summed E-state index contributed by atoms with van der Waals surface area (Å²) >= 11 is 6.00. The number of rotatable bonds is 6. The van der Waals surface area contributed by atoms with E-state index in [1.54, 1.807) is 0 Å². The second kappa shape index (κ2) is 7.81. The van der Waals surface area contributed by atoms with Crippen molar-refractivity contribution in [2.75, 3.05) is 19.7 Å². The predicted octanol–water partition coefficient (Wildman–Crippen LogP) is 4.49. The quantitative estimate of drug-likeness (QED) is 0.833. The Balaban J connectivity index is 1.90. The first-order valence-electron chi connectivity index (χ1n) is 8.53. The van der Waals surface area contributed by atoms with Crippen LogP contribution in [0.3, 0.4) is 0 Å². The third-order valence-electron chi connectivity index (χ3n) is 5.24. The molecular weight excluding hydrogens is 294 g/mol. The van der Waals surface area contributed by atoms with Gasteiger partial charge in [-0.15, -0.1) is 0 Å². The molecule has 22 heavy (non-hydrogen) atoms. The van der Waals surface area contributed by atoms with Gasteiger partial charge in [0.05, 0.1) is 0 Å². The lowest BCUT2D eigenvalue weighted by atomic mass is 9.78. The van der Waals surface area contributed by atoms with Gasteiger partial charge >= 0.3 is 0 Å². The molecule has 0 bridgehead atoms. The topological polar surface area (TPSA) is 23.5 Å². The van der Waals surface area contributed by atoms with Gasteiger partial charge < -0.3 is 10.0 Å². The molecular formula is C19H30ClNO. The van der Waals surface area contributed by atoms with Crippen LogP contribution in [0, 0.1) is 5.92 Å². The molecule has 3 heteroatoms. The lowest BCUT2D eigenvalue weighted by molar-refractivity contribution is 0.111. The van der Waals surface area contributed by atoms with Crippen molar-refractivity contribution in [3.8, 4) is 0 Å². The minimum absolute atomic E-state index is 0.159. The van der Waals surface area contributed by atoms with Crippen LogP contribution in [0.2, 0.25) is 5.02 Å². The number of halogens is 1. The third kappa shape index (κ3) is 4.71. The van der Waals surface area contributed by atoms with E-state index in [1.165, 1.54) is 31.5 Å². The van der Waals surface area contributed by atoms with E-state index in [0.717, 1.165) is 23.8 Å². The summed E-state index contributed by atoms with van der Waals surface area (Å²) in [5, 5.41) is 9.87. The highest BCUT2D eigenvalue weighted by atomic mass is 35.5. The zero-order valence-corrected chi connectivity index (χ0v) is 14.9. The molecule has 1 atom stereocenters. The molecule has 0 amide bonds. The van der Waals surface area contributed by atoms with Gasteiger partial charge in [0.25, 0.3) is 0 Å². The fourth-order valence-electron chi connectivity index (χ4n) is 3.75. The Morgan fingerprint density at radius 2 is 1.82 bits per heavy atom. The lowest BCUT2D eigenvalue weighted by Gasteiger charge is -2.39. The first kappa shape index (κ1) is 17.8. The highest BCUT2D eigenvalue weighted by molar-refractivity contribution is 6.30. The molecule has 2 nitrogen and oxygen atoms in total. The van der Waals surface area contributed by atoms with Gasteiger partial charge in [-0.2, -0.15) is 0 Å². The molecule has 1 unspecified atom stereocenters. The Hall–Kier alpha value is -0.570. The predicted molar refractivity (Wildman–Crippen MR) is 94.6 cm³/mol. The van der Waals surface area contributed by atoms with Crippen LogP contribution in [-0.2, 0) is 5.41 Å². The van der Waals surface area contributed by atoms with E-state index in [9.17, 15) is 0 Å². The molecule has 0 aromatic heterocycles.